The highest BCUT2D eigenvalue weighted by Crippen LogP contribution is 2.36. The molecular weight excluding hydrogens is 184 g/mol. The van der Waals surface area contributed by atoms with Crippen LogP contribution in [0.2, 0.25) is 0 Å². The highest BCUT2D eigenvalue weighted by molar-refractivity contribution is 4.83. The van der Waals surface area contributed by atoms with Crippen LogP contribution in [0.5, 0.6) is 0 Å². The Morgan fingerprint density at radius 2 is 1.87 bits per heavy atom. The molecule has 2 N–H and O–H groups in total. The highest BCUT2D eigenvalue weighted by atomic mass is 15.0. The van der Waals surface area contributed by atoms with Crippen LogP contribution in [-0.2, 0) is 0 Å². The first-order valence-corrected chi connectivity index (χ1v) is 6.73. The van der Waals surface area contributed by atoms with Gasteiger partial charge in [0.15, 0.2) is 0 Å². The number of rotatable bonds is 7. The predicted octanol–water partition coefficient (Wildman–Crippen LogP) is 2.30. The van der Waals surface area contributed by atoms with Crippen molar-refractivity contribution >= 4 is 0 Å². The molecule has 0 aliphatic heterocycles. The van der Waals surface area contributed by atoms with Gasteiger partial charge in [-0.1, -0.05) is 19.8 Å². The summed E-state index contributed by atoms with van der Waals surface area (Å²) in [6.07, 6.45) is 9.85. The molecule has 15 heavy (non-hydrogen) atoms. The molecule has 2 aliphatic carbocycles. The molecule has 0 bridgehead atoms. The van der Waals surface area contributed by atoms with Gasteiger partial charge in [-0.25, -0.2) is 0 Å². The van der Waals surface area contributed by atoms with Crippen molar-refractivity contribution < 1.29 is 0 Å². The van der Waals surface area contributed by atoms with Gasteiger partial charge in [-0.2, -0.15) is 0 Å². The molecule has 0 aromatic carbocycles. The summed E-state index contributed by atoms with van der Waals surface area (Å²) in [5.74, 6) is 0. The fourth-order valence-corrected chi connectivity index (χ4v) is 2.60. The maximum absolute atomic E-state index is 3.62. The van der Waals surface area contributed by atoms with Crippen LogP contribution >= 0.6 is 0 Å². The van der Waals surface area contributed by atoms with Gasteiger partial charge in [0.2, 0.25) is 0 Å². The van der Waals surface area contributed by atoms with E-state index >= 15 is 0 Å². The van der Waals surface area contributed by atoms with Crippen LogP contribution in [0, 0.1) is 5.41 Å². The third kappa shape index (κ3) is 4.12. The van der Waals surface area contributed by atoms with Gasteiger partial charge in [0.1, 0.15) is 0 Å². The molecule has 0 atom stereocenters. The zero-order chi connectivity index (χ0) is 10.6. The molecular formula is C13H26N2. The van der Waals surface area contributed by atoms with Gasteiger partial charge in [0.05, 0.1) is 0 Å². The second-order valence-corrected chi connectivity index (χ2v) is 5.78. The summed E-state index contributed by atoms with van der Waals surface area (Å²) in [4.78, 5) is 0. The first-order valence-electron chi connectivity index (χ1n) is 6.73. The molecule has 0 aromatic rings. The van der Waals surface area contributed by atoms with Crippen molar-refractivity contribution in [1.82, 2.24) is 10.6 Å². The molecule has 88 valence electrons. The van der Waals surface area contributed by atoms with Gasteiger partial charge in [0.25, 0.3) is 0 Å². The van der Waals surface area contributed by atoms with Gasteiger partial charge in [-0.3, -0.25) is 0 Å². The lowest BCUT2D eigenvalue weighted by atomic mass is 9.89. The van der Waals surface area contributed by atoms with E-state index in [0.29, 0.717) is 5.41 Å². The molecule has 2 saturated carbocycles. The van der Waals surface area contributed by atoms with E-state index in [1.807, 2.05) is 0 Å². The van der Waals surface area contributed by atoms with E-state index in [4.69, 9.17) is 0 Å². The summed E-state index contributed by atoms with van der Waals surface area (Å²) in [5, 5.41) is 7.18. The molecule has 2 heteroatoms. The van der Waals surface area contributed by atoms with Crippen LogP contribution in [0.3, 0.4) is 0 Å². The third-order valence-corrected chi connectivity index (χ3v) is 3.90. The zero-order valence-electron chi connectivity index (χ0n) is 10.1. The van der Waals surface area contributed by atoms with Crippen LogP contribution in [0.15, 0.2) is 0 Å². The van der Waals surface area contributed by atoms with Crippen LogP contribution in [0.1, 0.15) is 51.9 Å². The maximum atomic E-state index is 3.62. The quantitative estimate of drug-likeness (QED) is 0.630. The van der Waals surface area contributed by atoms with Gasteiger partial charge in [0, 0.05) is 12.6 Å². The number of hydrogen-bond acceptors (Lipinski definition) is 2. The lowest BCUT2D eigenvalue weighted by molar-refractivity contribution is 0.315. The summed E-state index contributed by atoms with van der Waals surface area (Å²) in [5.41, 5.74) is 0.615. The first-order chi connectivity index (χ1) is 7.29. The first kappa shape index (κ1) is 11.4. The van der Waals surface area contributed by atoms with Crippen molar-refractivity contribution in [3.63, 3.8) is 0 Å². The molecule has 2 fully saturated rings. The molecule has 0 heterocycles. The fraction of sp³-hybridized carbons (Fsp3) is 1.00. The van der Waals surface area contributed by atoms with Crippen molar-refractivity contribution in [2.24, 2.45) is 5.41 Å². The Morgan fingerprint density at radius 3 is 2.53 bits per heavy atom. The molecule has 0 spiro atoms. The standard InChI is InChI=1S/C13H26N2/c1-13(7-2-3-8-13)11-14-9-4-10-15-12-5-6-12/h12,14-15H,2-11H2,1H3. The average molecular weight is 210 g/mol. The van der Waals surface area contributed by atoms with Crippen molar-refractivity contribution in [1.29, 1.82) is 0 Å². The van der Waals surface area contributed by atoms with E-state index in [-0.39, 0.29) is 0 Å². The predicted molar refractivity (Wildman–Crippen MR) is 65.1 cm³/mol. The Bertz CT molecular complexity index is 181. The maximum Gasteiger partial charge on any atom is 0.00682 e. The van der Waals surface area contributed by atoms with Gasteiger partial charge in [-0.15, -0.1) is 0 Å². The molecule has 2 rings (SSSR count). The molecule has 0 radical (unpaired) electrons. The minimum Gasteiger partial charge on any atom is -0.316 e. The van der Waals surface area contributed by atoms with E-state index < -0.39 is 0 Å². The molecule has 0 amide bonds. The van der Waals surface area contributed by atoms with Crippen molar-refractivity contribution in [3.05, 3.63) is 0 Å². The molecule has 2 aliphatic rings. The largest absolute Gasteiger partial charge is 0.316 e. The average Bonchev–Trinajstić information content (AvgIpc) is 2.95. The Morgan fingerprint density at radius 1 is 1.13 bits per heavy atom. The lowest BCUT2D eigenvalue weighted by Gasteiger charge is -2.23. The molecule has 0 aromatic heterocycles. The number of nitrogens with one attached hydrogen (secondary N) is 2. The van der Waals surface area contributed by atoms with Crippen molar-refractivity contribution in [3.8, 4) is 0 Å². The molecule has 0 unspecified atom stereocenters. The van der Waals surface area contributed by atoms with Crippen LogP contribution in [0.4, 0.5) is 0 Å². The minimum absolute atomic E-state index is 0.615. The van der Waals surface area contributed by atoms with E-state index in [1.54, 1.807) is 0 Å². The van der Waals surface area contributed by atoms with E-state index in [1.165, 1.54) is 64.6 Å². The minimum atomic E-state index is 0.615. The SMILES string of the molecule is CC1(CNCCCNC2CC2)CCCC1. The van der Waals surface area contributed by atoms with E-state index in [0.717, 1.165) is 6.04 Å². The summed E-state index contributed by atoms with van der Waals surface area (Å²) in [7, 11) is 0. The Balaban J connectivity index is 1.43. The van der Waals surface area contributed by atoms with Crippen molar-refractivity contribution in [2.45, 2.75) is 57.9 Å². The van der Waals surface area contributed by atoms with Crippen LogP contribution in [0.25, 0.3) is 0 Å². The van der Waals surface area contributed by atoms with E-state index in [2.05, 4.69) is 17.6 Å². The summed E-state index contributed by atoms with van der Waals surface area (Å²) < 4.78 is 0. The van der Waals surface area contributed by atoms with Gasteiger partial charge < -0.3 is 10.6 Å². The Labute approximate surface area is 94.2 Å². The monoisotopic (exact) mass is 210 g/mol. The normalized spacial score (nSPS) is 24.6. The topological polar surface area (TPSA) is 24.1 Å². The smallest absolute Gasteiger partial charge is 0.00682 e. The summed E-state index contributed by atoms with van der Waals surface area (Å²) >= 11 is 0. The van der Waals surface area contributed by atoms with Crippen LogP contribution in [-0.4, -0.2) is 25.7 Å². The second kappa shape index (κ2) is 5.31. The fourth-order valence-electron chi connectivity index (χ4n) is 2.60. The Kier molecular flexibility index (Phi) is 4.04. The lowest BCUT2D eigenvalue weighted by Crippen LogP contribution is -2.31. The van der Waals surface area contributed by atoms with Gasteiger partial charge >= 0.3 is 0 Å². The molecule has 0 saturated heterocycles. The Hall–Kier alpha value is -0.0800. The number of hydrogen-bond donors (Lipinski definition) is 2. The highest BCUT2D eigenvalue weighted by Gasteiger charge is 2.27. The summed E-state index contributed by atoms with van der Waals surface area (Å²) in [6.45, 7) is 6.07. The molecule has 2 nitrogen and oxygen atoms in total. The summed E-state index contributed by atoms with van der Waals surface area (Å²) in [6, 6.07) is 0.873. The third-order valence-electron chi connectivity index (χ3n) is 3.90. The van der Waals surface area contributed by atoms with Crippen molar-refractivity contribution in [2.75, 3.05) is 19.6 Å². The van der Waals surface area contributed by atoms with Gasteiger partial charge in [-0.05, 0) is 50.6 Å². The van der Waals surface area contributed by atoms with Crippen LogP contribution < -0.4 is 10.6 Å². The van der Waals surface area contributed by atoms with E-state index in [9.17, 15) is 0 Å². The second-order valence-electron chi connectivity index (χ2n) is 5.78. The zero-order valence-corrected chi connectivity index (χ0v) is 10.1.